The van der Waals surface area contributed by atoms with Crippen molar-refractivity contribution in [3.63, 3.8) is 0 Å². The molecule has 1 aromatic rings. The van der Waals surface area contributed by atoms with Crippen LogP contribution in [0, 0.1) is 16.7 Å². The predicted molar refractivity (Wildman–Crippen MR) is 77.6 cm³/mol. The molecule has 0 N–H and O–H groups in total. The Bertz CT molecular complexity index is 664. The quantitative estimate of drug-likeness (QED) is 0.779. The second-order valence-corrected chi connectivity index (χ2v) is 5.91. The minimum absolute atomic E-state index is 0.319. The monoisotopic (exact) mass is 283 g/mol. The molecule has 0 amide bonds. The first kappa shape index (κ1) is 14.9. The van der Waals surface area contributed by atoms with Crippen LogP contribution in [0.25, 0.3) is 0 Å². The molecule has 1 atom stereocenters. The van der Waals surface area contributed by atoms with E-state index in [1.54, 1.807) is 24.4 Å². The zero-order valence-electron chi connectivity index (χ0n) is 12.5. The van der Waals surface area contributed by atoms with Crippen molar-refractivity contribution in [3.05, 3.63) is 47.2 Å². The Hall–Kier alpha value is -2.48. The summed E-state index contributed by atoms with van der Waals surface area (Å²) in [5.74, 6) is -0.450. The number of esters is 1. The number of nitriles is 1. The van der Waals surface area contributed by atoms with Gasteiger partial charge in [0.2, 0.25) is 0 Å². The van der Waals surface area contributed by atoms with Crippen molar-refractivity contribution < 1.29 is 9.53 Å². The highest BCUT2D eigenvalue weighted by atomic mass is 16.5. The fourth-order valence-electron chi connectivity index (χ4n) is 2.46. The first-order valence-electron chi connectivity index (χ1n) is 6.58. The van der Waals surface area contributed by atoms with Gasteiger partial charge in [-0.3, -0.25) is 0 Å². The van der Waals surface area contributed by atoms with Gasteiger partial charge in [-0.1, -0.05) is 20.8 Å². The summed E-state index contributed by atoms with van der Waals surface area (Å²) in [6, 6.07) is 6.99. The normalized spacial score (nSPS) is 20.3. The average Bonchev–Trinajstić information content (AvgIpc) is 2.96. The van der Waals surface area contributed by atoms with Gasteiger partial charge in [0.25, 0.3) is 0 Å². The first-order valence-corrected chi connectivity index (χ1v) is 6.58. The number of azo groups is 1. The van der Waals surface area contributed by atoms with Gasteiger partial charge in [0.05, 0.1) is 24.3 Å². The second-order valence-electron chi connectivity index (χ2n) is 5.91. The highest BCUT2D eigenvalue weighted by molar-refractivity contribution is 5.92. The van der Waals surface area contributed by atoms with Crippen LogP contribution in [-0.4, -0.2) is 13.1 Å². The van der Waals surface area contributed by atoms with Crippen molar-refractivity contribution in [3.8, 4) is 6.07 Å². The van der Waals surface area contributed by atoms with Crippen LogP contribution in [-0.2, 0) is 10.3 Å². The fraction of sp³-hybridized carbons (Fsp3) is 0.375. The van der Waals surface area contributed by atoms with E-state index in [2.05, 4.69) is 16.3 Å². The zero-order chi connectivity index (χ0) is 15.7. The standard InChI is InChI=1S/C16H17N3O2/c1-15(2,3)16(7-8-18-19-16)13-9-11(10-17)5-6-12(13)14(20)21-4/h5-9H,1-4H3. The SMILES string of the molecule is COC(=O)c1ccc(C#N)cc1C1(C(C)(C)C)C=CN=N1. The van der Waals surface area contributed by atoms with E-state index in [1.807, 2.05) is 26.8 Å². The van der Waals surface area contributed by atoms with E-state index in [4.69, 9.17) is 10.00 Å². The molecule has 0 radical (unpaired) electrons. The molecule has 1 aromatic carbocycles. The molecule has 1 aliphatic rings. The molecule has 0 spiro atoms. The lowest BCUT2D eigenvalue weighted by Gasteiger charge is -2.37. The highest BCUT2D eigenvalue weighted by Gasteiger charge is 2.46. The van der Waals surface area contributed by atoms with Crippen LogP contribution in [0.3, 0.4) is 0 Å². The van der Waals surface area contributed by atoms with Crippen LogP contribution in [0.4, 0.5) is 0 Å². The van der Waals surface area contributed by atoms with Gasteiger partial charge in [0, 0.05) is 11.8 Å². The number of carbonyl (C=O) groups excluding carboxylic acids is 1. The van der Waals surface area contributed by atoms with Gasteiger partial charge in [-0.2, -0.15) is 15.5 Å². The van der Waals surface area contributed by atoms with E-state index >= 15 is 0 Å². The number of methoxy groups -OCH3 is 1. The summed E-state index contributed by atoms with van der Waals surface area (Å²) in [6.45, 7) is 6.05. The number of carbonyl (C=O) groups is 1. The van der Waals surface area contributed by atoms with Crippen molar-refractivity contribution in [2.75, 3.05) is 7.11 Å². The molecule has 0 aromatic heterocycles. The van der Waals surface area contributed by atoms with E-state index in [9.17, 15) is 4.79 Å². The van der Waals surface area contributed by atoms with Crippen molar-refractivity contribution >= 4 is 5.97 Å². The Kier molecular flexibility index (Phi) is 3.65. The lowest BCUT2D eigenvalue weighted by molar-refractivity contribution is 0.0596. The number of hydrogen-bond donors (Lipinski definition) is 0. The topological polar surface area (TPSA) is 74.8 Å². The molecule has 1 unspecified atom stereocenters. The molecule has 0 saturated heterocycles. The molecule has 0 bridgehead atoms. The highest BCUT2D eigenvalue weighted by Crippen LogP contribution is 2.48. The number of rotatable bonds is 2. The summed E-state index contributed by atoms with van der Waals surface area (Å²) < 4.78 is 4.85. The summed E-state index contributed by atoms with van der Waals surface area (Å²) in [4.78, 5) is 12.1. The van der Waals surface area contributed by atoms with Gasteiger partial charge >= 0.3 is 5.97 Å². The van der Waals surface area contributed by atoms with Crippen molar-refractivity contribution in [2.45, 2.75) is 26.3 Å². The lowest BCUT2D eigenvalue weighted by atomic mass is 9.68. The molecule has 1 aliphatic heterocycles. The van der Waals surface area contributed by atoms with E-state index in [-0.39, 0.29) is 5.41 Å². The largest absolute Gasteiger partial charge is 0.465 e. The Labute approximate surface area is 123 Å². The van der Waals surface area contributed by atoms with Crippen molar-refractivity contribution in [1.82, 2.24) is 0 Å². The molecule has 0 saturated carbocycles. The van der Waals surface area contributed by atoms with Crippen LogP contribution in [0.5, 0.6) is 0 Å². The maximum Gasteiger partial charge on any atom is 0.338 e. The van der Waals surface area contributed by atoms with Gasteiger partial charge in [-0.15, -0.1) is 0 Å². The Morgan fingerprint density at radius 2 is 2.10 bits per heavy atom. The molecule has 21 heavy (non-hydrogen) atoms. The smallest absolute Gasteiger partial charge is 0.338 e. The van der Waals surface area contributed by atoms with Crippen LogP contribution < -0.4 is 0 Å². The molecule has 5 nitrogen and oxygen atoms in total. The third kappa shape index (κ3) is 2.33. The van der Waals surface area contributed by atoms with Gasteiger partial charge < -0.3 is 4.74 Å². The van der Waals surface area contributed by atoms with Gasteiger partial charge in [-0.05, 0) is 29.7 Å². The van der Waals surface area contributed by atoms with E-state index in [1.165, 1.54) is 7.11 Å². The summed E-state index contributed by atoms with van der Waals surface area (Å²) in [5, 5.41) is 17.5. The number of nitrogens with zero attached hydrogens (tertiary/aromatic N) is 3. The maximum atomic E-state index is 12.1. The zero-order valence-corrected chi connectivity index (χ0v) is 12.5. The van der Waals surface area contributed by atoms with Crippen molar-refractivity contribution in [2.24, 2.45) is 15.6 Å². The number of hydrogen-bond acceptors (Lipinski definition) is 5. The summed E-state index contributed by atoms with van der Waals surface area (Å²) >= 11 is 0. The van der Waals surface area contributed by atoms with E-state index in [0.29, 0.717) is 16.7 Å². The fourth-order valence-corrected chi connectivity index (χ4v) is 2.46. The van der Waals surface area contributed by atoms with Crippen LogP contribution in [0.15, 0.2) is 40.7 Å². The molecular weight excluding hydrogens is 266 g/mol. The minimum atomic E-state index is -0.788. The van der Waals surface area contributed by atoms with Gasteiger partial charge in [0.15, 0.2) is 0 Å². The van der Waals surface area contributed by atoms with Gasteiger partial charge in [-0.25, -0.2) is 4.79 Å². The number of ether oxygens (including phenoxy) is 1. The summed E-state index contributed by atoms with van der Waals surface area (Å²) in [5.41, 5.74) is 0.399. The Morgan fingerprint density at radius 3 is 2.57 bits per heavy atom. The molecular formula is C16H17N3O2. The third-order valence-electron chi connectivity index (χ3n) is 3.71. The molecule has 108 valence electrons. The molecule has 0 fully saturated rings. The lowest BCUT2D eigenvalue weighted by Crippen LogP contribution is -2.37. The van der Waals surface area contributed by atoms with Crippen LogP contribution in [0.2, 0.25) is 0 Å². The second kappa shape index (κ2) is 5.13. The van der Waals surface area contributed by atoms with E-state index < -0.39 is 11.5 Å². The Morgan fingerprint density at radius 1 is 1.38 bits per heavy atom. The maximum absolute atomic E-state index is 12.1. The molecule has 0 aliphatic carbocycles. The van der Waals surface area contributed by atoms with Crippen LogP contribution >= 0.6 is 0 Å². The van der Waals surface area contributed by atoms with Crippen LogP contribution in [0.1, 0.15) is 42.3 Å². The summed E-state index contributed by atoms with van der Waals surface area (Å²) in [6.07, 6.45) is 3.47. The molecule has 2 rings (SSSR count). The van der Waals surface area contributed by atoms with Gasteiger partial charge in [0.1, 0.15) is 5.54 Å². The average molecular weight is 283 g/mol. The number of benzene rings is 1. The van der Waals surface area contributed by atoms with Crippen molar-refractivity contribution in [1.29, 1.82) is 5.26 Å². The predicted octanol–water partition coefficient (Wildman–Crippen LogP) is 3.57. The third-order valence-corrected chi connectivity index (χ3v) is 3.71. The molecule has 1 heterocycles. The first-order chi connectivity index (χ1) is 9.85. The minimum Gasteiger partial charge on any atom is -0.465 e. The molecule has 5 heteroatoms. The Balaban J connectivity index is 2.77. The summed E-state index contributed by atoms with van der Waals surface area (Å²) in [7, 11) is 1.33. The van der Waals surface area contributed by atoms with E-state index in [0.717, 1.165) is 0 Å².